The Labute approximate surface area is 212 Å². The molecule has 4 aliphatic rings. The average Bonchev–Trinajstić information content (AvgIpc) is 3.61. The number of hydrogen-bond acceptors (Lipinski definition) is 7. The summed E-state index contributed by atoms with van der Waals surface area (Å²) in [5.74, 6) is -0.778. The number of nitrogens with zero attached hydrogens (tertiary/aromatic N) is 2. The zero-order valence-corrected chi connectivity index (χ0v) is 19.9. The van der Waals surface area contributed by atoms with E-state index in [1.165, 1.54) is 4.90 Å². The molecule has 7 rings (SSSR count). The fraction of sp³-hybridized carbons (Fsp3) is 0.207. The van der Waals surface area contributed by atoms with Crippen molar-refractivity contribution in [1.82, 2.24) is 4.90 Å². The number of carbonyl (C=O) groups excluding carboxylic acids is 3. The molecule has 2 amide bonds. The van der Waals surface area contributed by atoms with E-state index >= 15 is 0 Å². The number of hydrogen-bond donors (Lipinski definition) is 0. The molecule has 0 aliphatic carbocycles. The Hall–Kier alpha value is -4.59. The summed E-state index contributed by atoms with van der Waals surface area (Å²) >= 11 is 0. The smallest absolute Gasteiger partial charge is 0.240 e. The minimum atomic E-state index is -0.848. The number of anilines is 1. The lowest BCUT2D eigenvalue weighted by Crippen LogP contribution is -2.44. The summed E-state index contributed by atoms with van der Waals surface area (Å²) in [7, 11) is 1.56. The van der Waals surface area contributed by atoms with Crippen LogP contribution in [0.25, 0.3) is 6.08 Å². The molecule has 0 spiro atoms. The van der Waals surface area contributed by atoms with Crippen LogP contribution in [-0.2, 0) is 9.59 Å². The van der Waals surface area contributed by atoms with Gasteiger partial charge >= 0.3 is 0 Å². The van der Waals surface area contributed by atoms with Crippen LogP contribution in [0.15, 0.2) is 72.9 Å². The fourth-order valence-corrected chi connectivity index (χ4v) is 6.06. The van der Waals surface area contributed by atoms with Gasteiger partial charge in [0.25, 0.3) is 0 Å². The Bertz CT molecular complexity index is 1500. The number of benzene rings is 3. The Balaban J connectivity index is 1.34. The molecule has 0 bridgehead atoms. The molecule has 4 heterocycles. The molecule has 8 heteroatoms. The van der Waals surface area contributed by atoms with Crippen LogP contribution in [0.2, 0.25) is 0 Å². The topological polar surface area (TPSA) is 85.4 Å². The van der Waals surface area contributed by atoms with E-state index in [4.69, 9.17) is 14.2 Å². The molecule has 37 heavy (non-hydrogen) atoms. The lowest BCUT2D eigenvalue weighted by molar-refractivity contribution is -0.123. The molecular formula is C29H22N2O6. The number of amides is 2. The maximum atomic E-state index is 14.1. The molecule has 0 N–H and O–H groups in total. The molecule has 8 nitrogen and oxygen atoms in total. The molecule has 2 saturated heterocycles. The third-order valence-electron chi connectivity index (χ3n) is 7.72. The number of ketones is 1. The van der Waals surface area contributed by atoms with Gasteiger partial charge < -0.3 is 19.1 Å². The Morgan fingerprint density at radius 3 is 2.49 bits per heavy atom. The predicted octanol–water partition coefficient (Wildman–Crippen LogP) is 3.82. The van der Waals surface area contributed by atoms with Gasteiger partial charge in [-0.15, -0.1) is 0 Å². The second-order valence-electron chi connectivity index (χ2n) is 9.48. The average molecular weight is 495 g/mol. The summed E-state index contributed by atoms with van der Waals surface area (Å²) in [5.41, 5.74) is 2.77. The van der Waals surface area contributed by atoms with Crippen molar-refractivity contribution < 1.29 is 28.6 Å². The Kier molecular flexibility index (Phi) is 4.66. The third-order valence-corrected chi connectivity index (χ3v) is 7.72. The molecule has 3 aromatic carbocycles. The zero-order valence-electron chi connectivity index (χ0n) is 19.9. The van der Waals surface area contributed by atoms with Crippen LogP contribution < -0.4 is 19.1 Å². The van der Waals surface area contributed by atoms with Crippen molar-refractivity contribution in [2.24, 2.45) is 11.8 Å². The van der Waals surface area contributed by atoms with E-state index in [0.29, 0.717) is 28.5 Å². The second-order valence-corrected chi connectivity index (χ2v) is 9.48. The first-order valence-corrected chi connectivity index (χ1v) is 12.1. The lowest BCUT2D eigenvalue weighted by Gasteiger charge is -2.35. The molecule has 184 valence electrons. The number of fused-ring (bicyclic) bond motifs is 6. The monoisotopic (exact) mass is 494 g/mol. The van der Waals surface area contributed by atoms with Gasteiger partial charge in [0.2, 0.25) is 18.6 Å². The van der Waals surface area contributed by atoms with Gasteiger partial charge in [-0.25, -0.2) is 4.90 Å². The number of ether oxygens (including phenoxy) is 3. The molecule has 0 radical (unpaired) electrons. The van der Waals surface area contributed by atoms with Crippen molar-refractivity contribution in [3.63, 3.8) is 0 Å². The van der Waals surface area contributed by atoms with Gasteiger partial charge in [0.1, 0.15) is 11.8 Å². The second kappa shape index (κ2) is 7.96. The van der Waals surface area contributed by atoms with Crippen LogP contribution in [0.1, 0.15) is 27.5 Å². The quantitative estimate of drug-likeness (QED) is 0.403. The summed E-state index contributed by atoms with van der Waals surface area (Å²) in [6, 6.07) is 18.4. The number of carbonyl (C=O) groups is 3. The highest BCUT2D eigenvalue weighted by Crippen LogP contribution is 2.54. The summed E-state index contributed by atoms with van der Waals surface area (Å²) in [6.07, 6.45) is 3.78. The van der Waals surface area contributed by atoms with Crippen LogP contribution >= 0.6 is 0 Å². The van der Waals surface area contributed by atoms with Crippen molar-refractivity contribution >= 4 is 29.4 Å². The lowest BCUT2D eigenvalue weighted by atomic mass is 9.83. The van der Waals surface area contributed by atoms with E-state index in [1.807, 2.05) is 41.4 Å². The van der Waals surface area contributed by atoms with Crippen molar-refractivity contribution in [3.8, 4) is 17.2 Å². The molecule has 0 saturated carbocycles. The largest absolute Gasteiger partial charge is 0.497 e. The first-order chi connectivity index (χ1) is 18.1. The summed E-state index contributed by atoms with van der Waals surface area (Å²) in [4.78, 5) is 45.1. The standard InChI is InChI=1S/C29H22N2O6/c1-35-19-9-7-18(8-10-19)31-28(33)23-24(29(31)34)26(27(32)17-6-11-21-22(14-17)37-15-36-21)30-13-12-16-4-2-3-5-20(16)25(23)30/h2-14,23-26H,15H2,1H3. The molecule has 4 aliphatic heterocycles. The van der Waals surface area contributed by atoms with Crippen molar-refractivity contribution in [1.29, 1.82) is 0 Å². The highest BCUT2D eigenvalue weighted by molar-refractivity contribution is 6.24. The highest BCUT2D eigenvalue weighted by Gasteiger charge is 2.64. The number of imide groups is 1. The maximum Gasteiger partial charge on any atom is 0.240 e. The van der Waals surface area contributed by atoms with Gasteiger partial charge in [-0.05, 0) is 59.7 Å². The minimum absolute atomic E-state index is 0.0959. The predicted molar refractivity (Wildman–Crippen MR) is 133 cm³/mol. The van der Waals surface area contributed by atoms with Gasteiger partial charge in [-0.2, -0.15) is 0 Å². The molecule has 2 fully saturated rings. The van der Waals surface area contributed by atoms with E-state index in [-0.39, 0.29) is 24.4 Å². The minimum Gasteiger partial charge on any atom is -0.497 e. The normalized spacial score (nSPS) is 24.7. The van der Waals surface area contributed by atoms with E-state index < -0.39 is 23.9 Å². The Morgan fingerprint density at radius 1 is 0.919 bits per heavy atom. The molecule has 0 aromatic heterocycles. The number of methoxy groups -OCH3 is 1. The van der Waals surface area contributed by atoms with Crippen molar-refractivity contribution in [3.05, 3.63) is 89.6 Å². The van der Waals surface area contributed by atoms with Crippen LogP contribution in [0, 0.1) is 11.8 Å². The Morgan fingerprint density at radius 2 is 1.68 bits per heavy atom. The van der Waals surface area contributed by atoms with Crippen LogP contribution in [0.4, 0.5) is 5.69 Å². The third kappa shape index (κ3) is 3.05. The molecular weight excluding hydrogens is 472 g/mol. The SMILES string of the molecule is COc1ccc(N2C(=O)C3C(C2=O)C2c4ccccc4C=CN2C3C(=O)c2ccc3c(c2)OCO3)cc1. The van der Waals surface area contributed by atoms with Gasteiger partial charge in [0.15, 0.2) is 17.3 Å². The first kappa shape index (κ1) is 21.7. The van der Waals surface area contributed by atoms with E-state index in [0.717, 1.165) is 11.1 Å². The van der Waals surface area contributed by atoms with Crippen LogP contribution in [0.3, 0.4) is 0 Å². The fourth-order valence-electron chi connectivity index (χ4n) is 6.06. The summed E-state index contributed by atoms with van der Waals surface area (Å²) < 4.78 is 16.1. The first-order valence-electron chi connectivity index (χ1n) is 12.1. The van der Waals surface area contributed by atoms with E-state index in [2.05, 4.69) is 0 Å². The number of rotatable bonds is 4. The zero-order chi connectivity index (χ0) is 25.3. The summed E-state index contributed by atoms with van der Waals surface area (Å²) in [5, 5.41) is 0. The molecule has 4 unspecified atom stereocenters. The van der Waals surface area contributed by atoms with Crippen molar-refractivity contribution in [2.75, 3.05) is 18.8 Å². The van der Waals surface area contributed by atoms with Gasteiger partial charge in [0.05, 0.1) is 30.7 Å². The van der Waals surface area contributed by atoms with E-state index in [1.54, 1.807) is 49.6 Å². The number of Topliss-reactive ketones (excluding diaryl/α,β-unsaturated/α-hetero) is 1. The van der Waals surface area contributed by atoms with Gasteiger partial charge in [-0.1, -0.05) is 24.3 Å². The molecule has 3 aromatic rings. The van der Waals surface area contributed by atoms with Crippen molar-refractivity contribution in [2.45, 2.75) is 12.1 Å². The highest BCUT2D eigenvalue weighted by atomic mass is 16.7. The summed E-state index contributed by atoms with van der Waals surface area (Å²) in [6.45, 7) is 0.0959. The van der Waals surface area contributed by atoms with Crippen LogP contribution in [-0.4, -0.2) is 42.4 Å². The molecule has 4 atom stereocenters. The van der Waals surface area contributed by atoms with E-state index in [9.17, 15) is 14.4 Å². The van der Waals surface area contributed by atoms with Gasteiger partial charge in [0, 0.05) is 11.8 Å². The van der Waals surface area contributed by atoms with Crippen LogP contribution in [0.5, 0.6) is 17.2 Å². The van der Waals surface area contributed by atoms with Gasteiger partial charge in [-0.3, -0.25) is 14.4 Å². The maximum absolute atomic E-state index is 14.1.